The maximum atomic E-state index is 5.74. The molecule has 0 aromatic carbocycles. The van der Waals surface area contributed by atoms with Crippen molar-refractivity contribution < 1.29 is 9.47 Å². The second-order valence-electron chi connectivity index (χ2n) is 7.07. The number of aromatic amines is 1. The highest BCUT2D eigenvalue weighted by Crippen LogP contribution is 2.30. The van der Waals surface area contributed by atoms with Crippen molar-refractivity contribution in [2.45, 2.75) is 38.4 Å². The molecule has 10 heteroatoms. The second kappa shape index (κ2) is 9.21. The Morgan fingerprint density at radius 1 is 1.10 bits per heavy atom. The molecule has 4 heterocycles. The first kappa shape index (κ1) is 20.3. The molecule has 2 N–H and O–H groups in total. The molecule has 0 bridgehead atoms. The molecule has 0 saturated carbocycles. The molecule has 1 atom stereocenters. The number of rotatable bonds is 7. The van der Waals surface area contributed by atoms with Crippen LogP contribution in [0.15, 0.2) is 18.3 Å². The molecule has 8 nitrogen and oxygen atoms in total. The van der Waals surface area contributed by atoms with Crippen LogP contribution in [0.2, 0.25) is 10.6 Å². The van der Waals surface area contributed by atoms with Gasteiger partial charge in [0, 0.05) is 11.6 Å². The highest BCUT2D eigenvalue weighted by atomic mass is 35.5. The van der Waals surface area contributed by atoms with E-state index in [0.717, 1.165) is 37.3 Å². The Balaban J connectivity index is 1.32. The first-order valence-electron chi connectivity index (χ1n) is 9.57. The molecule has 1 aliphatic heterocycles. The van der Waals surface area contributed by atoms with Crippen LogP contribution in [0.5, 0.6) is 6.01 Å². The number of piperidine rings is 1. The minimum absolute atomic E-state index is 0.0135. The van der Waals surface area contributed by atoms with Crippen LogP contribution in [-0.4, -0.2) is 50.7 Å². The van der Waals surface area contributed by atoms with Crippen LogP contribution >= 0.6 is 23.2 Å². The van der Waals surface area contributed by atoms with E-state index in [4.69, 9.17) is 32.7 Å². The number of hydrogen-bond acceptors (Lipinski definition) is 7. The first-order chi connectivity index (χ1) is 14.1. The number of fused-ring (bicyclic) bond motifs is 1. The number of pyridine rings is 1. The van der Waals surface area contributed by atoms with Gasteiger partial charge in [0.05, 0.1) is 18.9 Å². The monoisotopic (exact) mass is 436 g/mol. The number of aromatic nitrogens is 5. The highest BCUT2D eigenvalue weighted by molar-refractivity contribution is 6.31. The van der Waals surface area contributed by atoms with Gasteiger partial charge >= 0.3 is 6.01 Å². The number of ether oxygens (including phenoxy) is 2. The minimum atomic E-state index is -0.287. The minimum Gasteiger partial charge on any atom is -0.458 e. The SMILES string of the molecule is C[C@H](COCc1ccc2c(C3CCNCC3)c[nH]c2n1)Oc1nc(Cl)nc(Cl)n1. The Morgan fingerprint density at radius 3 is 2.62 bits per heavy atom. The molecule has 0 unspecified atom stereocenters. The average Bonchev–Trinajstić information content (AvgIpc) is 3.11. The van der Waals surface area contributed by atoms with E-state index in [1.807, 2.05) is 13.0 Å². The highest BCUT2D eigenvalue weighted by Gasteiger charge is 2.19. The summed E-state index contributed by atoms with van der Waals surface area (Å²) in [7, 11) is 0. The molecule has 29 heavy (non-hydrogen) atoms. The van der Waals surface area contributed by atoms with E-state index in [1.54, 1.807) is 0 Å². The Hall–Kier alpha value is -2.00. The van der Waals surface area contributed by atoms with Crippen molar-refractivity contribution in [3.63, 3.8) is 0 Å². The third-order valence-electron chi connectivity index (χ3n) is 4.88. The quantitative estimate of drug-likeness (QED) is 0.584. The van der Waals surface area contributed by atoms with Gasteiger partial charge in [-0.15, -0.1) is 0 Å². The van der Waals surface area contributed by atoms with E-state index >= 15 is 0 Å². The number of nitrogens with one attached hydrogen (secondary N) is 2. The largest absolute Gasteiger partial charge is 0.458 e. The predicted octanol–water partition coefficient (Wildman–Crippen LogP) is 3.51. The summed E-state index contributed by atoms with van der Waals surface area (Å²) in [5.41, 5.74) is 3.12. The molecule has 1 aliphatic rings. The van der Waals surface area contributed by atoms with Gasteiger partial charge in [0.25, 0.3) is 0 Å². The number of nitrogens with zero attached hydrogens (tertiary/aromatic N) is 4. The van der Waals surface area contributed by atoms with Gasteiger partial charge in [-0.1, -0.05) is 0 Å². The third kappa shape index (κ3) is 5.14. The normalized spacial score (nSPS) is 16.2. The molecule has 154 valence electrons. The summed E-state index contributed by atoms with van der Waals surface area (Å²) in [5, 5.41) is 4.58. The molecule has 3 aromatic heterocycles. The van der Waals surface area contributed by atoms with Gasteiger partial charge < -0.3 is 19.8 Å². The zero-order valence-corrected chi connectivity index (χ0v) is 17.5. The van der Waals surface area contributed by atoms with Crippen molar-refractivity contribution in [1.82, 2.24) is 30.2 Å². The molecule has 0 amide bonds. The molecule has 0 radical (unpaired) electrons. The Labute approximate surface area is 178 Å². The molecule has 0 spiro atoms. The lowest BCUT2D eigenvalue weighted by molar-refractivity contribution is 0.0437. The molecule has 4 rings (SSSR count). The van der Waals surface area contributed by atoms with E-state index in [-0.39, 0.29) is 22.7 Å². The lowest BCUT2D eigenvalue weighted by atomic mass is 9.90. The van der Waals surface area contributed by atoms with Crippen molar-refractivity contribution in [1.29, 1.82) is 0 Å². The van der Waals surface area contributed by atoms with Crippen LogP contribution in [0.3, 0.4) is 0 Å². The fraction of sp³-hybridized carbons (Fsp3) is 0.474. The van der Waals surface area contributed by atoms with Crippen LogP contribution in [-0.2, 0) is 11.3 Å². The van der Waals surface area contributed by atoms with E-state index in [2.05, 4.69) is 42.5 Å². The molecule has 1 saturated heterocycles. The van der Waals surface area contributed by atoms with Gasteiger partial charge in [0.15, 0.2) is 0 Å². The Morgan fingerprint density at radius 2 is 1.86 bits per heavy atom. The van der Waals surface area contributed by atoms with Gasteiger partial charge in [0.1, 0.15) is 11.8 Å². The smallest absolute Gasteiger partial charge is 0.322 e. The van der Waals surface area contributed by atoms with Gasteiger partial charge in [0.2, 0.25) is 10.6 Å². The predicted molar refractivity (Wildman–Crippen MR) is 111 cm³/mol. The third-order valence-corrected chi connectivity index (χ3v) is 5.21. The van der Waals surface area contributed by atoms with Gasteiger partial charge in [-0.2, -0.15) is 15.0 Å². The summed E-state index contributed by atoms with van der Waals surface area (Å²) in [6, 6.07) is 4.21. The van der Waals surface area contributed by atoms with E-state index in [0.29, 0.717) is 19.1 Å². The summed E-state index contributed by atoms with van der Waals surface area (Å²) in [5.74, 6) is 0.587. The van der Waals surface area contributed by atoms with Gasteiger partial charge in [-0.05, 0) is 79.7 Å². The lowest BCUT2D eigenvalue weighted by Gasteiger charge is -2.22. The summed E-state index contributed by atoms with van der Waals surface area (Å²) in [6.07, 6.45) is 4.13. The lowest BCUT2D eigenvalue weighted by Crippen LogP contribution is -2.26. The first-order valence-corrected chi connectivity index (χ1v) is 10.3. The number of halogens is 2. The van der Waals surface area contributed by atoms with Crippen LogP contribution in [0, 0.1) is 0 Å². The topological polar surface area (TPSA) is 97.8 Å². The fourth-order valence-electron chi connectivity index (χ4n) is 3.52. The van der Waals surface area contributed by atoms with E-state index in [1.165, 1.54) is 10.9 Å². The second-order valence-corrected chi connectivity index (χ2v) is 7.74. The van der Waals surface area contributed by atoms with E-state index < -0.39 is 0 Å². The summed E-state index contributed by atoms with van der Waals surface area (Å²) in [4.78, 5) is 19.4. The van der Waals surface area contributed by atoms with Gasteiger partial charge in [-0.25, -0.2) is 4.98 Å². The standard InChI is InChI=1S/C19H22Cl2N6O2/c1-11(29-19-26-17(20)25-18(21)27-19)9-28-10-13-2-3-14-15(8-23-16(14)24-13)12-4-6-22-7-5-12/h2-3,8,11-12,22H,4-7,9-10H2,1H3,(H,23,24)/t11-/m1/s1. The van der Waals surface area contributed by atoms with Crippen molar-refractivity contribution in [3.8, 4) is 6.01 Å². The molecule has 0 aliphatic carbocycles. The molecule has 1 fully saturated rings. The van der Waals surface area contributed by atoms with Gasteiger partial charge in [-0.3, -0.25) is 0 Å². The number of H-pyrrole nitrogens is 1. The fourth-order valence-corrected chi connectivity index (χ4v) is 3.87. The summed E-state index contributed by atoms with van der Waals surface area (Å²) < 4.78 is 11.3. The summed E-state index contributed by atoms with van der Waals surface area (Å²) >= 11 is 11.5. The maximum absolute atomic E-state index is 5.74. The average molecular weight is 437 g/mol. The molecule has 3 aromatic rings. The van der Waals surface area contributed by atoms with Crippen LogP contribution in [0.4, 0.5) is 0 Å². The molecular formula is C19H22Cl2N6O2. The van der Waals surface area contributed by atoms with Crippen molar-refractivity contribution in [2.75, 3.05) is 19.7 Å². The maximum Gasteiger partial charge on any atom is 0.322 e. The zero-order valence-electron chi connectivity index (χ0n) is 16.0. The van der Waals surface area contributed by atoms with Crippen LogP contribution in [0.25, 0.3) is 11.0 Å². The Kier molecular flexibility index (Phi) is 6.44. The Bertz CT molecular complexity index is 956. The van der Waals surface area contributed by atoms with Crippen LogP contribution in [0.1, 0.15) is 36.9 Å². The zero-order chi connectivity index (χ0) is 20.2. The summed E-state index contributed by atoms with van der Waals surface area (Å²) in [6.45, 7) is 4.70. The van der Waals surface area contributed by atoms with Crippen LogP contribution < -0.4 is 10.1 Å². The van der Waals surface area contributed by atoms with Crippen molar-refractivity contribution in [3.05, 3.63) is 40.2 Å². The number of hydrogen-bond donors (Lipinski definition) is 2. The van der Waals surface area contributed by atoms with Crippen molar-refractivity contribution >= 4 is 34.2 Å². The van der Waals surface area contributed by atoms with E-state index in [9.17, 15) is 0 Å². The molecular weight excluding hydrogens is 415 g/mol. The van der Waals surface area contributed by atoms with Crippen molar-refractivity contribution in [2.24, 2.45) is 0 Å².